The van der Waals surface area contributed by atoms with Crippen molar-refractivity contribution < 1.29 is 19.1 Å². The lowest BCUT2D eigenvalue weighted by molar-refractivity contribution is -0.151. The molecule has 0 aromatic heterocycles. The number of esters is 1. The van der Waals surface area contributed by atoms with E-state index in [-0.39, 0.29) is 23.9 Å². The van der Waals surface area contributed by atoms with Gasteiger partial charge in [0.2, 0.25) is 5.91 Å². The highest BCUT2D eigenvalue weighted by Gasteiger charge is 2.37. The third-order valence-corrected chi connectivity index (χ3v) is 5.54. The Morgan fingerprint density at radius 1 is 1.21 bits per heavy atom. The fourth-order valence-electron chi connectivity index (χ4n) is 2.97. The number of halogens is 3. The van der Waals surface area contributed by atoms with E-state index in [4.69, 9.17) is 39.5 Å². The van der Waals surface area contributed by atoms with Crippen LogP contribution in [0.4, 0.5) is 11.4 Å². The molecule has 1 saturated heterocycles. The topological polar surface area (TPSA) is 75.7 Å². The molecule has 6 nitrogen and oxygen atoms in total. The van der Waals surface area contributed by atoms with E-state index < -0.39 is 24.4 Å². The molecule has 0 bridgehead atoms. The Labute approximate surface area is 182 Å². The van der Waals surface area contributed by atoms with E-state index in [9.17, 15) is 14.4 Å². The van der Waals surface area contributed by atoms with Gasteiger partial charge in [0.1, 0.15) is 0 Å². The summed E-state index contributed by atoms with van der Waals surface area (Å²) in [6, 6.07) is 10.0. The van der Waals surface area contributed by atoms with Crippen LogP contribution in [0.1, 0.15) is 12.0 Å². The molecule has 1 atom stereocenters. The van der Waals surface area contributed by atoms with E-state index in [1.54, 1.807) is 36.4 Å². The summed E-state index contributed by atoms with van der Waals surface area (Å²) >= 11 is 18.1. The van der Waals surface area contributed by atoms with Gasteiger partial charge in [-0.3, -0.25) is 14.4 Å². The second-order valence-corrected chi connectivity index (χ2v) is 7.82. The SMILES string of the molecule is Cc1ccc(Cl)cc1NC(=O)COC(=O)[C@H]1CC(=O)N(c2cccc(Cl)c2Cl)C1. The Morgan fingerprint density at radius 3 is 2.72 bits per heavy atom. The third-order valence-electron chi connectivity index (χ3n) is 4.50. The first-order valence-corrected chi connectivity index (χ1v) is 9.86. The first-order valence-electron chi connectivity index (χ1n) is 8.73. The van der Waals surface area contributed by atoms with Crippen LogP contribution in [0.2, 0.25) is 15.1 Å². The maximum Gasteiger partial charge on any atom is 0.311 e. The molecule has 3 rings (SSSR count). The van der Waals surface area contributed by atoms with Crippen LogP contribution in [0.3, 0.4) is 0 Å². The number of aryl methyl sites for hydroxylation is 1. The number of rotatable bonds is 5. The summed E-state index contributed by atoms with van der Waals surface area (Å²) in [5, 5.41) is 3.68. The Bertz CT molecular complexity index is 980. The van der Waals surface area contributed by atoms with Crippen LogP contribution in [0.25, 0.3) is 0 Å². The van der Waals surface area contributed by atoms with Gasteiger partial charge in [-0.05, 0) is 36.8 Å². The lowest BCUT2D eigenvalue weighted by Crippen LogP contribution is -2.28. The van der Waals surface area contributed by atoms with Crippen molar-refractivity contribution in [2.75, 3.05) is 23.4 Å². The second kappa shape index (κ2) is 9.03. The van der Waals surface area contributed by atoms with Crippen LogP contribution in [0, 0.1) is 12.8 Å². The smallest absolute Gasteiger partial charge is 0.311 e. The molecular formula is C20H17Cl3N2O4. The Kier molecular flexibility index (Phi) is 6.67. The molecule has 0 saturated carbocycles. The summed E-state index contributed by atoms with van der Waals surface area (Å²) in [4.78, 5) is 38.1. The summed E-state index contributed by atoms with van der Waals surface area (Å²) in [5.41, 5.74) is 1.80. The van der Waals surface area contributed by atoms with Gasteiger partial charge in [-0.1, -0.05) is 46.9 Å². The quantitative estimate of drug-likeness (QED) is 0.674. The average Bonchev–Trinajstić information content (AvgIpc) is 3.06. The molecule has 2 aromatic rings. The zero-order chi connectivity index (χ0) is 21.1. The molecule has 1 N–H and O–H groups in total. The van der Waals surface area contributed by atoms with Crippen molar-refractivity contribution in [1.29, 1.82) is 0 Å². The standard InChI is InChI=1S/C20H17Cl3N2O4/c1-11-5-6-13(21)8-15(11)24-17(26)10-29-20(28)12-7-18(27)25(9-12)16-4-2-3-14(22)19(16)23/h2-6,8,12H,7,9-10H2,1H3,(H,24,26)/t12-/m0/s1. The molecule has 2 amide bonds. The van der Waals surface area contributed by atoms with Gasteiger partial charge in [-0.25, -0.2) is 0 Å². The van der Waals surface area contributed by atoms with Gasteiger partial charge in [0, 0.05) is 23.7 Å². The zero-order valence-electron chi connectivity index (χ0n) is 15.4. The number of amides is 2. The normalized spacial score (nSPS) is 16.1. The Morgan fingerprint density at radius 2 is 1.97 bits per heavy atom. The predicted molar refractivity (Wildman–Crippen MR) is 113 cm³/mol. The van der Waals surface area contributed by atoms with Gasteiger partial charge < -0.3 is 15.0 Å². The maximum absolute atomic E-state index is 12.3. The van der Waals surface area contributed by atoms with Crippen molar-refractivity contribution in [2.24, 2.45) is 5.92 Å². The molecule has 0 unspecified atom stereocenters. The molecule has 1 aliphatic heterocycles. The summed E-state index contributed by atoms with van der Waals surface area (Å²) < 4.78 is 5.09. The lowest BCUT2D eigenvalue weighted by Gasteiger charge is -2.18. The molecule has 2 aromatic carbocycles. The van der Waals surface area contributed by atoms with Gasteiger partial charge in [0.25, 0.3) is 5.91 Å². The number of carbonyl (C=O) groups is 3. The molecule has 0 radical (unpaired) electrons. The van der Waals surface area contributed by atoms with E-state index >= 15 is 0 Å². The van der Waals surface area contributed by atoms with Crippen molar-refractivity contribution in [3.05, 3.63) is 57.0 Å². The van der Waals surface area contributed by atoms with Gasteiger partial charge in [0.15, 0.2) is 6.61 Å². The summed E-state index contributed by atoms with van der Waals surface area (Å²) in [7, 11) is 0. The van der Waals surface area contributed by atoms with E-state index in [2.05, 4.69) is 5.32 Å². The zero-order valence-corrected chi connectivity index (χ0v) is 17.6. The monoisotopic (exact) mass is 454 g/mol. The first kappa shape index (κ1) is 21.4. The number of carbonyl (C=O) groups excluding carboxylic acids is 3. The molecule has 1 fully saturated rings. The van der Waals surface area contributed by atoms with Crippen molar-refractivity contribution >= 4 is 64.0 Å². The molecule has 152 valence electrons. The van der Waals surface area contributed by atoms with Gasteiger partial charge >= 0.3 is 5.97 Å². The number of benzene rings is 2. The third kappa shape index (κ3) is 5.01. The van der Waals surface area contributed by atoms with Crippen molar-refractivity contribution in [3.63, 3.8) is 0 Å². The number of nitrogens with one attached hydrogen (secondary N) is 1. The molecule has 0 spiro atoms. The minimum absolute atomic E-state index is 0.0311. The molecule has 9 heteroatoms. The van der Waals surface area contributed by atoms with Crippen LogP contribution < -0.4 is 10.2 Å². The van der Waals surface area contributed by atoms with Gasteiger partial charge in [-0.2, -0.15) is 0 Å². The Hall–Kier alpha value is -2.28. The highest BCUT2D eigenvalue weighted by atomic mass is 35.5. The van der Waals surface area contributed by atoms with E-state index in [1.165, 1.54) is 4.90 Å². The van der Waals surface area contributed by atoms with Crippen LogP contribution in [-0.2, 0) is 19.1 Å². The van der Waals surface area contributed by atoms with Crippen molar-refractivity contribution in [1.82, 2.24) is 0 Å². The van der Waals surface area contributed by atoms with E-state index in [0.29, 0.717) is 21.4 Å². The summed E-state index contributed by atoms with van der Waals surface area (Å²) in [6.07, 6.45) is -0.0311. The number of hydrogen-bond donors (Lipinski definition) is 1. The van der Waals surface area contributed by atoms with Crippen LogP contribution in [0.15, 0.2) is 36.4 Å². The highest BCUT2D eigenvalue weighted by molar-refractivity contribution is 6.44. The fourth-order valence-corrected chi connectivity index (χ4v) is 3.54. The minimum atomic E-state index is -0.696. The van der Waals surface area contributed by atoms with Crippen LogP contribution in [-0.4, -0.2) is 30.9 Å². The maximum atomic E-state index is 12.3. The van der Waals surface area contributed by atoms with E-state index in [1.807, 2.05) is 6.92 Å². The van der Waals surface area contributed by atoms with Gasteiger partial charge in [-0.15, -0.1) is 0 Å². The molecule has 29 heavy (non-hydrogen) atoms. The predicted octanol–water partition coefficient (Wildman–Crippen LogP) is 4.49. The molecule has 1 heterocycles. The second-order valence-electron chi connectivity index (χ2n) is 6.59. The number of hydrogen-bond acceptors (Lipinski definition) is 4. The molecule has 0 aliphatic carbocycles. The van der Waals surface area contributed by atoms with Crippen molar-refractivity contribution in [2.45, 2.75) is 13.3 Å². The summed E-state index contributed by atoms with van der Waals surface area (Å²) in [5.74, 6) is -2.09. The molecular weight excluding hydrogens is 439 g/mol. The number of anilines is 2. The number of ether oxygens (including phenoxy) is 1. The Balaban J connectivity index is 1.57. The van der Waals surface area contributed by atoms with E-state index in [0.717, 1.165) is 5.56 Å². The van der Waals surface area contributed by atoms with Crippen molar-refractivity contribution in [3.8, 4) is 0 Å². The van der Waals surface area contributed by atoms with Crippen LogP contribution >= 0.6 is 34.8 Å². The number of nitrogens with zero attached hydrogens (tertiary/aromatic N) is 1. The summed E-state index contributed by atoms with van der Waals surface area (Å²) in [6.45, 7) is 1.46. The molecule has 1 aliphatic rings. The lowest BCUT2D eigenvalue weighted by atomic mass is 10.1. The van der Waals surface area contributed by atoms with Gasteiger partial charge in [0.05, 0.1) is 21.7 Å². The largest absolute Gasteiger partial charge is 0.455 e. The first-order chi connectivity index (χ1) is 13.8. The minimum Gasteiger partial charge on any atom is -0.455 e. The highest BCUT2D eigenvalue weighted by Crippen LogP contribution is 2.35. The van der Waals surface area contributed by atoms with Crippen LogP contribution in [0.5, 0.6) is 0 Å². The average molecular weight is 456 g/mol. The fraction of sp³-hybridized carbons (Fsp3) is 0.250.